The summed E-state index contributed by atoms with van der Waals surface area (Å²) in [4.78, 5) is 24.9. The average Bonchev–Trinajstić information content (AvgIpc) is 2.39. The summed E-state index contributed by atoms with van der Waals surface area (Å²) in [5, 5.41) is 2.62. The molecule has 0 aromatic carbocycles. The number of nitrogens with one attached hydrogen (secondary N) is 1. The molecule has 2 unspecified atom stereocenters. The van der Waals surface area contributed by atoms with Crippen molar-refractivity contribution in [2.24, 2.45) is 0 Å². The van der Waals surface area contributed by atoms with E-state index in [1.165, 1.54) is 14.0 Å². The van der Waals surface area contributed by atoms with E-state index in [0.717, 1.165) is 6.42 Å². The highest BCUT2D eigenvalue weighted by Gasteiger charge is 2.25. The zero-order valence-electron chi connectivity index (χ0n) is 12.6. The van der Waals surface area contributed by atoms with Gasteiger partial charge < -0.3 is 14.8 Å². The zero-order valence-corrected chi connectivity index (χ0v) is 12.6. The van der Waals surface area contributed by atoms with Gasteiger partial charge in [0.25, 0.3) is 0 Å². The Morgan fingerprint density at radius 2 is 1.95 bits per heavy atom. The summed E-state index contributed by atoms with van der Waals surface area (Å²) < 4.78 is 9.79. The molecule has 0 aliphatic heterocycles. The maximum atomic E-state index is 11.7. The maximum absolute atomic E-state index is 11.7. The van der Waals surface area contributed by atoms with Crippen LogP contribution in [0.4, 0.5) is 0 Å². The lowest BCUT2D eigenvalue weighted by atomic mass is 10.1. The molecule has 0 rings (SSSR count). The second kappa shape index (κ2) is 9.75. The van der Waals surface area contributed by atoms with Crippen LogP contribution in [0, 0.1) is 0 Å². The zero-order chi connectivity index (χ0) is 14.8. The number of methoxy groups -OCH3 is 2. The molecule has 1 amide bonds. The highest BCUT2D eigenvalue weighted by Crippen LogP contribution is 2.05. The summed E-state index contributed by atoms with van der Waals surface area (Å²) in [6.07, 6.45) is 0.956. The molecule has 0 aliphatic rings. The van der Waals surface area contributed by atoms with Crippen LogP contribution in [0.25, 0.3) is 0 Å². The molecule has 112 valence electrons. The fraction of sp³-hybridized carbons (Fsp3) is 0.846. The van der Waals surface area contributed by atoms with Gasteiger partial charge in [-0.3, -0.25) is 9.69 Å². The van der Waals surface area contributed by atoms with E-state index in [2.05, 4.69) is 24.1 Å². The highest BCUT2D eigenvalue weighted by molar-refractivity contribution is 5.83. The number of nitrogens with zero attached hydrogens (tertiary/aromatic N) is 1. The second-order valence-electron chi connectivity index (χ2n) is 4.52. The maximum Gasteiger partial charge on any atom is 0.329 e. The van der Waals surface area contributed by atoms with Gasteiger partial charge in [0.15, 0.2) is 0 Å². The van der Waals surface area contributed by atoms with Gasteiger partial charge in [0.05, 0.1) is 13.7 Å². The SMILES string of the molecule is CCC(C)N(CCOC)CC(NC(C)=O)C(=O)OC. The van der Waals surface area contributed by atoms with Gasteiger partial charge in [-0.25, -0.2) is 4.79 Å². The molecular weight excluding hydrogens is 248 g/mol. The van der Waals surface area contributed by atoms with E-state index in [1.807, 2.05) is 0 Å². The normalized spacial score (nSPS) is 14.0. The topological polar surface area (TPSA) is 67.9 Å². The van der Waals surface area contributed by atoms with Crippen LogP contribution < -0.4 is 5.32 Å². The van der Waals surface area contributed by atoms with E-state index in [-0.39, 0.29) is 5.91 Å². The molecule has 1 N–H and O–H groups in total. The Hall–Kier alpha value is -1.14. The molecule has 0 aromatic rings. The highest BCUT2D eigenvalue weighted by atomic mass is 16.5. The first-order valence-electron chi connectivity index (χ1n) is 6.54. The van der Waals surface area contributed by atoms with E-state index in [4.69, 9.17) is 9.47 Å². The number of hydrogen-bond donors (Lipinski definition) is 1. The largest absolute Gasteiger partial charge is 0.467 e. The predicted molar refractivity (Wildman–Crippen MR) is 72.8 cm³/mol. The number of esters is 1. The van der Waals surface area contributed by atoms with E-state index in [0.29, 0.717) is 25.7 Å². The Morgan fingerprint density at radius 1 is 1.32 bits per heavy atom. The lowest BCUT2D eigenvalue weighted by molar-refractivity contribution is -0.145. The first-order valence-corrected chi connectivity index (χ1v) is 6.54. The van der Waals surface area contributed by atoms with Crippen LogP contribution in [0.3, 0.4) is 0 Å². The standard InChI is InChI=1S/C13H26N2O4/c1-6-10(2)15(7-8-18-4)9-12(13(17)19-5)14-11(3)16/h10,12H,6-9H2,1-5H3,(H,14,16). The average molecular weight is 274 g/mol. The van der Waals surface area contributed by atoms with Crippen molar-refractivity contribution in [1.29, 1.82) is 0 Å². The van der Waals surface area contributed by atoms with Crippen LogP contribution in [-0.4, -0.2) is 62.8 Å². The van der Waals surface area contributed by atoms with Crippen molar-refractivity contribution in [3.05, 3.63) is 0 Å². The molecule has 0 aliphatic carbocycles. The van der Waals surface area contributed by atoms with Crippen LogP contribution in [0.1, 0.15) is 27.2 Å². The number of hydrogen-bond acceptors (Lipinski definition) is 5. The fourth-order valence-electron chi connectivity index (χ4n) is 1.76. The molecule has 6 heteroatoms. The smallest absolute Gasteiger partial charge is 0.329 e. The number of ether oxygens (including phenoxy) is 2. The quantitative estimate of drug-likeness (QED) is 0.617. The first kappa shape index (κ1) is 17.9. The molecule has 0 spiro atoms. The van der Waals surface area contributed by atoms with Crippen LogP contribution in [0.15, 0.2) is 0 Å². The summed E-state index contributed by atoms with van der Waals surface area (Å²) in [7, 11) is 2.96. The van der Waals surface area contributed by atoms with Crippen LogP contribution in [-0.2, 0) is 19.1 Å². The Kier molecular flexibility index (Phi) is 9.16. The van der Waals surface area contributed by atoms with E-state index in [1.54, 1.807) is 7.11 Å². The van der Waals surface area contributed by atoms with Crippen molar-refractivity contribution < 1.29 is 19.1 Å². The van der Waals surface area contributed by atoms with Crippen molar-refractivity contribution >= 4 is 11.9 Å². The number of carbonyl (C=O) groups excluding carboxylic acids is 2. The van der Waals surface area contributed by atoms with Crippen LogP contribution in [0.2, 0.25) is 0 Å². The first-order chi connectivity index (χ1) is 8.96. The minimum atomic E-state index is -0.645. The van der Waals surface area contributed by atoms with Gasteiger partial charge in [0.1, 0.15) is 6.04 Å². The molecule has 0 bridgehead atoms. The molecule has 0 fully saturated rings. The molecule has 0 aromatic heterocycles. The molecule has 6 nitrogen and oxygen atoms in total. The third-order valence-electron chi connectivity index (χ3n) is 3.08. The number of carbonyl (C=O) groups is 2. The van der Waals surface area contributed by atoms with Crippen molar-refractivity contribution in [2.45, 2.75) is 39.3 Å². The minimum absolute atomic E-state index is 0.244. The summed E-state index contributed by atoms with van der Waals surface area (Å²) >= 11 is 0. The number of amides is 1. The second-order valence-corrected chi connectivity index (χ2v) is 4.52. The predicted octanol–water partition coefficient (Wildman–Crippen LogP) is 0.411. The lowest BCUT2D eigenvalue weighted by Crippen LogP contribution is -2.51. The Bertz CT molecular complexity index is 284. The molecular formula is C13H26N2O4. The fourth-order valence-corrected chi connectivity index (χ4v) is 1.76. The Morgan fingerprint density at radius 3 is 2.37 bits per heavy atom. The van der Waals surface area contributed by atoms with Gasteiger partial charge in [0, 0.05) is 33.2 Å². The van der Waals surface area contributed by atoms with Crippen LogP contribution in [0.5, 0.6) is 0 Å². The van der Waals surface area contributed by atoms with E-state index >= 15 is 0 Å². The summed E-state index contributed by atoms with van der Waals surface area (Å²) in [6.45, 7) is 7.26. The Balaban J connectivity index is 4.70. The summed E-state index contributed by atoms with van der Waals surface area (Å²) in [5.41, 5.74) is 0. The number of rotatable bonds is 9. The van der Waals surface area contributed by atoms with Gasteiger partial charge in [-0.2, -0.15) is 0 Å². The summed E-state index contributed by atoms with van der Waals surface area (Å²) in [6, 6.07) is -0.343. The van der Waals surface area contributed by atoms with Gasteiger partial charge in [-0.15, -0.1) is 0 Å². The van der Waals surface area contributed by atoms with Crippen LogP contribution >= 0.6 is 0 Å². The summed E-state index contributed by atoms with van der Waals surface area (Å²) in [5.74, 6) is -0.674. The third-order valence-corrected chi connectivity index (χ3v) is 3.08. The molecule has 19 heavy (non-hydrogen) atoms. The molecule has 0 saturated carbocycles. The third kappa shape index (κ3) is 7.12. The molecule has 0 heterocycles. The molecule has 0 saturated heterocycles. The molecule has 2 atom stereocenters. The monoisotopic (exact) mass is 274 g/mol. The van der Waals surface area contributed by atoms with Gasteiger partial charge in [-0.1, -0.05) is 6.92 Å². The van der Waals surface area contributed by atoms with Crippen molar-refractivity contribution in [1.82, 2.24) is 10.2 Å². The minimum Gasteiger partial charge on any atom is -0.467 e. The van der Waals surface area contributed by atoms with E-state index in [9.17, 15) is 9.59 Å². The molecule has 0 radical (unpaired) electrons. The van der Waals surface area contributed by atoms with Gasteiger partial charge >= 0.3 is 5.97 Å². The van der Waals surface area contributed by atoms with E-state index < -0.39 is 12.0 Å². The Labute approximate surface area is 115 Å². The van der Waals surface area contributed by atoms with Gasteiger partial charge in [-0.05, 0) is 13.3 Å². The van der Waals surface area contributed by atoms with Crippen molar-refractivity contribution in [3.8, 4) is 0 Å². The van der Waals surface area contributed by atoms with Crippen molar-refractivity contribution in [2.75, 3.05) is 33.9 Å². The van der Waals surface area contributed by atoms with Gasteiger partial charge in [0.2, 0.25) is 5.91 Å². The van der Waals surface area contributed by atoms with Crippen molar-refractivity contribution in [3.63, 3.8) is 0 Å². The lowest BCUT2D eigenvalue weighted by Gasteiger charge is -2.31.